The van der Waals surface area contributed by atoms with Gasteiger partial charge in [-0.2, -0.15) is 8.42 Å². The number of ether oxygens (including phenoxy) is 2. The maximum atomic E-state index is 12.2. The van der Waals surface area contributed by atoms with Crippen molar-refractivity contribution >= 4 is 56.2 Å². The van der Waals surface area contributed by atoms with Gasteiger partial charge in [-0.3, -0.25) is 4.55 Å². The van der Waals surface area contributed by atoms with Gasteiger partial charge in [0.1, 0.15) is 27.6 Å². The van der Waals surface area contributed by atoms with Gasteiger partial charge in [-0.25, -0.2) is 9.59 Å². The summed E-state index contributed by atoms with van der Waals surface area (Å²) in [7, 11) is -3.65. The number of nitrogens with two attached hydrogens (primary N) is 2. The molecule has 14 heteroatoms. The predicted molar refractivity (Wildman–Crippen MR) is 134 cm³/mol. The summed E-state index contributed by atoms with van der Waals surface area (Å²) in [5.41, 5.74) is 11.1. The van der Waals surface area contributed by atoms with Gasteiger partial charge in [0.15, 0.2) is 0 Å². The molecule has 3 aromatic rings. The molecule has 0 heterocycles. The van der Waals surface area contributed by atoms with Crippen molar-refractivity contribution in [2.24, 2.45) is 20.5 Å². The molecule has 0 atom stereocenters. The van der Waals surface area contributed by atoms with Crippen LogP contribution in [0.1, 0.15) is 27.6 Å². The van der Waals surface area contributed by atoms with Crippen molar-refractivity contribution in [2.45, 2.75) is 11.8 Å². The summed E-state index contributed by atoms with van der Waals surface area (Å²) >= 11 is 0. The van der Waals surface area contributed by atoms with Gasteiger partial charge in [-0.1, -0.05) is 24.3 Å². The van der Waals surface area contributed by atoms with E-state index in [9.17, 15) is 22.6 Å². The van der Waals surface area contributed by atoms with Crippen LogP contribution < -0.4 is 11.5 Å². The van der Waals surface area contributed by atoms with Gasteiger partial charge < -0.3 is 20.9 Å². The smallest absolute Gasteiger partial charge is 0.340 e. The number of nitrogens with zero attached hydrogens (tertiary/aromatic N) is 4. The highest BCUT2D eigenvalue weighted by atomic mass is 32.2. The number of nitrogen functional groups attached to an aromatic ring is 2. The molecule has 0 fully saturated rings. The van der Waals surface area contributed by atoms with Crippen molar-refractivity contribution in [1.82, 2.24) is 0 Å². The molecule has 0 aliphatic rings. The number of hydrogen-bond donors (Lipinski definition) is 3. The molecular formula is C23H22N6O7S. The molecule has 5 N–H and O–H groups in total. The van der Waals surface area contributed by atoms with Gasteiger partial charge in [0.05, 0.1) is 36.2 Å². The van der Waals surface area contributed by atoms with Crippen LogP contribution >= 0.6 is 0 Å². The van der Waals surface area contributed by atoms with Crippen LogP contribution in [0.25, 0.3) is 0 Å². The Balaban J connectivity index is 2.15. The maximum absolute atomic E-state index is 12.2. The van der Waals surface area contributed by atoms with Crippen LogP contribution in [-0.2, 0) is 19.6 Å². The van der Waals surface area contributed by atoms with Gasteiger partial charge >= 0.3 is 11.9 Å². The standard InChI is InChI=1S/C23H22N6O7S/c1-3-36-23(31)14-9-5-7-11-16(14)27-29-21-19(24)17(12-18(20(21)25)37(32,33)34)28-26-15-10-6-4-8-13(15)22(30)35-2/h4-12H,3,24-25H2,1-2H3,(H,32,33,34)/b28-26+,29-27+. The first-order valence-corrected chi connectivity index (χ1v) is 12.0. The first-order chi connectivity index (χ1) is 17.6. The average Bonchev–Trinajstić information content (AvgIpc) is 2.87. The van der Waals surface area contributed by atoms with E-state index in [-0.39, 0.29) is 46.2 Å². The van der Waals surface area contributed by atoms with Crippen LogP contribution in [0.3, 0.4) is 0 Å². The van der Waals surface area contributed by atoms with Crippen LogP contribution in [-0.4, -0.2) is 38.6 Å². The largest absolute Gasteiger partial charge is 0.465 e. The minimum absolute atomic E-state index is 0.0900. The number of carbonyl (C=O) groups excluding carboxylic acids is 2. The van der Waals surface area contributed by atoms with E-state index in [0.717, 1.165) is 6.07 Å². The van der Waals surface area contributed by atoms with Crippen molar-refractivity contribution in [3.63, 3.8) is 0 Å². The Morgan fingerprint density at radius 1 is 0.838 bits per heavy atom. The highest BCUT2D eigenvalue weighted by Crippen LogP contribution is 2.43. The van der Waals surface area contributed by atoms with Crippen molar-refractivity contribution in [2.75, 3.05) is 25.2 Å². The molecule has 0 saturated heterocycles. The zero-order chi connectivity index (χ0) is 27.2. The molecule has 3 aromatic carbocycles. The van der Waals surface area contributed by atoms with E-state index in [1.165, 1.54) is 31.4 Å². The second kappa shape index (κ2) is 11.4. The number of rotatable bonds is 8. The van der Waals surface area contributed by atoms with Crippen LogP contribution in [0.2, 0.25) is 0 Å². The summed E-state index contributed by atoms with van der Waals surface area (Å²) in [4.78, 5) is 23.5. The molecule has 0 spiro atoms. The van der Waals surface area contributed by atoms with E-state index in [4.69, 9.17) is 20.9 Å². The van der Waals surface area contributed by atoms with E-state index in [1.807, 2.05) is 0 Å². The quantitative estimate of drug-likeness (QED) is 0.158. The summed E-state index contributed by atoms with van der Waals surface area (Å²) in [5, 5.41) is 15.8. The first kappa shape index (κ1) is 26.9. The number of azo groups is 2. The SMILES string of the molecule is CCOC(=O)c1ccccc1/N=N/c1c(N)c(/N=N/c2ccccc2C(=O)OC)cc(S(=O)(=O)O)c1N. The van der Waals surface area contributed by atoms with Crippen LogP contribution in [0.15, 0.2) is 79.9 Å². The third-order valence-electron chi connectivity index (χ3n) is 4.83. The highest BCUT2D eigenvalue weighted by Gasteiger charge is 2.23. The average molecular weight is 527 g/mol. The van der Waals surface area contributed by atoms with E-state index in [1.54, 1.807) is 31.2 Å². The van der Waals surface area contributed by atoms with Crippen molar-refractivity contribution in [1.29, 1.82) is 0 Å². The van der Waals surface area contributed by atoms with Crippen LogP contribution in [0.5, 0.6) is 0 Å². The highest BCUT2D eigenvalue weighted by molar-refractivity contribution is 7.86. The lowest BCUT2D eigenvalue weighted by molar-refractivity contribution is 0.0526. The van der Waals surface area contributed by atoms with E-state index < -0.39 is 32.6 Å². The second-order valence-electron chi connectivity index (χ2n) is 7.19. The molecule has 37 heavy (non-hydrogen) atoms. The predicted octanol–water partition coefficient (Wildman–Crippen LogP) is 4.89. The summed E-state index contributed by atoms with van der Waals surface area (Å²) in [6, 6.07) is 13.1. The molecule has 0 saturated carbocycles. The molecule has 0 aliphatic heterocycles. The van der Waals surface area contributed by atoms with Gasteiger partial charge in [0.2, 0.25) is 0 Å². The van der Waals surface area contributed by atoms with E-state index in [0.29, 0.717) is 0 Å². The molecule has 0 unspecified atom stereocenters. The van der Waals surface area contributed by atoms with E-state index in [2.05, 4.69) is 20.5 Å². The van der Waals surface area contributed by atoms with Gasteiger partial charge in [0, 0.05) is 0 Å². The number of methoxy groups -OCH3 is 1. The Kier molecular flexibility index (Phi) is 8.26. The van der Waals surface area contributed by atoms with Crippen LogP contribution in [0, 0.1) is 0 Å². The fraction of sp³-hybridized carbons (Fsp3) is 0.130. The lowest BCUT2D eigenvalue weighted by atomic mass is 10.2. The molecule has 192 valence electrons. The summed E-state index contributed by atoms with van der Waals surface area (Å²) < 4.78 is 43.4. The lowest BCUT2D eigenvalue weighted by Gasteiger charge is -2.11. The van der Waals surface area contributed by atoms with Crippen molar-refractivity contribution in [3.8, 4) is 0 Å². The third kappa shape index (κ3) is 6.12. The number of benzene rings is 3. The number of carbonyl (C=O) groups is 2. The topological polar surface area (TPSA) is 208 Å². The van der Waals surface area contributed by atoms with Crippen molar-refractivity contribution < 1.29 is 32.0 Å². The Morgan fingerprint density at radius 2 is 1.35 bits per heavy atom. The molecule has 3 rings (SSSR count). The van der Waals surface area contributed by atoms with Crippen molar-refractivity contribution in [3.05, 3.63) is 65.7 Å². The Hall–Kier alpha value is -4.69. The fourth-order valence-electron chi connectivity index (χ4n) is 3.06. The zero-order valence-corrected chi connectivity index (χ0v) is 20.5. The summed E-state index contributed by atoms with van der Waals surface area (Å²) in [6.45, 7) is 1.78. The Morgan fingerprint density at radius 3 is 1.89 bits per heavy atom. The van der Waals surface area contributed by atoms with E-state index >= 15 is 0 Å². The Labute approximate surface area is 211 Å². The van der Waals surface area contributed by atoms with Gasteiger partial charge in [0.25, 0.3) is 10.1 Å². The second-order valence-corrected chi connectivity index (χ2v) is 8.58. The third-order valence-corrected chi connectivity index (χ3v) is 5.72. The number of hydrogen-bond acceptors (Lipinski definition) is 12. The van der Waals surface area contributed by atoms with Gasteiger partial charge in [-0.15, -0.1) is 20.5 Å². The molecular weight excluding hydrogens is 504 g/mol. The Bertz CT molecular complexity index is 1520. The minimum Gasteiger partial charge on any atom is -0.465 e. The van der Waals surface area contributed by atoms with Gasteiger partial charge in [-0.05, 0) is 37.3 Å². The minimum atomic E-state index is -4.85. The fourth-order valence-corrected chi connectivity index (χ4v) is 3.70. The molecule has 0 radical (unpaired) electrons. The molecule has 0 bridgehead atoms. The maximum Gasteiger partial charge on any atom is 0.340 e. The molecule has 13 nitrogen and oxygen atoms in total. The molecule has 0 aromatic heterocycles. The molecule has 0 amide bonds. The normalized spacial score (nSPS) is 11.6. The summed E-state index contributed by atoms with van der Waals surface area (Å²) in [5.74, 6) is -1.32. The lowest BCUT2D eigenvalue weighted by Crippen LogP contribution is -2.05. The zero-order valence-electron chi connectivity index (χ0n) is 19.7. The molecule has 0 aliphatic carbocycles. The monoisotopic (exact) mass is 526 g/mol. The number of esters is 2. The first-order valence-electron chi connectivity index (χ1n) is 10.5. The van der Waals surface area contributed by atoms with Crippen LogP contribution in [0.4, 0.5) is 34.1 Å². The summed E-state index contributed by atoms with van der Waals surface area (Å²) in [6.07, 6.45) is 0. The number of anilines is 2.